The maximum Gasteiger partial charge on any atom is 0.249 e. The number of allylic oxidation sites excluding steroid dienone is 2. The fourth-order valence-corrected chi connectivity index (χ4v) is 2.91. The summed E-state index contributed by atoms with van der Waals surface area (Å²) in [5.41, 5.74) is 2.66. The van der Waals surface area contributed by atoms with Crippen LogP contribution in [0.1, 0.15) is 25.3 Å². The standard InChI is InChI=1S/C17H21N3O3/c1-9-13(16(22)18-3)15(11-7-5-6-8-12(11)21)14(10(2)20-9)17(23)19-4/h5-8,15,20-21H,1-4H3,(H,18,22)(H,19,23). The minimum Gasteiger partial charge on any atom is -0.508 e. The first-order valence-corrected chi connectivity index (χ1v) is 7.33. The van der Waals surface area contributed by atoms with Gasteiger partial charge in [0.15, 0.2) is 0 Å². The maximum atomic E-state index is 12.4. The molecule has 122 valence electrons. The third-order valence-corrected chi connectivity index (χ3v) is 3.95. The molecule has 23 heavy (non-hydrogen) atoms. The summed E-state index contributed by atoms with van der Waals surface area (Å²) in [4.78, 5) is 24.8. The van der Waals surface area contributed by atoms with Crippen molar-refractivity contribution in [3.63, 3.8) is 0 Å². The Bertz CT molecular complexity index is 682. The summed E-state index contributed by atoms with van der Waals surface area (Å²) in [6, 6.07) is 6.74. The minimum absolute atomic E-state index is 0.0443. The van der Waals surface area contributed by atoms with Crippen LogP contribution in [0.2, 0.25) is 0 Å². The number of carbonyl (C=O) groups excluding carboxylic acids is 2. The van der Waals surface area contributed by atoms with Gasteiger partial charge >= 0.3 is 0 Å². The molecule has 0 saturated carbocycles. The second-order valence-electron chi connectivity index (χ2n) is 5.35. The van der Waals surface area contributed by atoms with Gasteiger partial charge in [0.1, 0.15) is 5.75 Å². The van der Waals surface area contributed by atoms with Gasteiger partial charge in [0.2, 0.25) is 11.8 Å². The largest absolute Gasteiger partial charge is 0.508 e. The number of phenolic OH excluding ortho intramolecular Hbond substituents is 1. The molecule has 0 atom stereocenters. The fourth-order valence-electron chi connectivity index (χ4n) is 2.91. The summed E-state index contributed by atoms with van der Waals surface area (Å²) in [6.45, 7) is 3.56. The fraction of sp³-hybridized carbons (Fsp3) is 0.294. The molecule has 1 heterocycles. The van der Waals surface area contributed by atoms with E-state index < -0.39 is 5.92 Å². The Kier molecular flexibility index (Phi) is 4.74. The van der Waals surface area contributed by atoms with E-state index in [1.54, 1.807) is 38.1 Å². The van der Waals surface area contributed by atoms with Gasteiger partial charge in [-0.3, -0.25) is 9.59 Å². The first-order chi connectivity index (χ1) is 10.9. The van der Waals surface area contributed by atoms with E-state index in [1.807, 2.05) is 0 Å². The molecular formula is C17H21N3O3. The highest BCUT2D eigenvalue weighted by Gasteiger charge is 2.36. The zero-order chi connectivity index (χ0) is 17.1. The van der Waals surface area contributed by atoms with Crippen LogP contribution in [0.5, 0.6) is 5.75 Å². The van der Waals surface area contributed by atoms with Crippen molar-refractivity contribution in [2.75, 3.05) is 14.1 Å². The number of hydrogen-bond acceptors (Lipinski definition) is 4. The number of dihydropyridines is 1. The Labute approximate surface area is 135 Å². The molecule has 0 aromatic heterocycles. The summed E-state index contributed by atoms with van der Waals surface area (Å²) >= 11 is 0. The predicted molar refractivity (Wildman–Crippen MR) is 87.5 cm³/mol. The molecule has 1 aliphatic rings. The lowest BCUT2D eigenvalue weighted by molar-refractivity contribution is -0.117. The maximum absolute atomic E-state index is 12.4. The lowest BCUT2D eigenvalue weighted by Crippen LogP contribution is -2.37. The zero-order valence-corrected chi connectivity index (χ0v) is 13.7. The number of aromatic hydroxyl groups is 1. The highest BCUT2D eigenvalue weighted by atomic mass is 16.3. The summed E-state index contributed by atoms with van der Waals surface area (Å²) < 4.78 is 0. The molecular weight excluding hydrogens is 294 g/mol. The van der Waals surface area contributed by atoms with Crippen molar-refractivity contribution in [2.24, 2.45) is 0 Å². The van der Waals surface area contributed by atoms with Gasteiger partial charge in [0.05, 0.1) is 5.92 Å². The average molecular weight is 315 g/mol. The first kappa shape index (κ1) is 16.6. The molecule has 0 spiro atoms. The van der Waals surface area contributed by atoms with Crippen molar-refractivity contribution < 1.29 is 14.7 Å². The van der Waals surface area contributed by atoms with E-state index in [2.05, 4.69) is 16.0 Å². The molecule has 0 aliphatic carbocycles. The third-order valence-electron chi connectivity index (χ3n) is 3.95. The van der Waals surface area contributed by atoms with Gasteiger partial charge in [-0.15, -0.1) is 0 Å². The molecule has 0 fully saturated rings. The molecule has 6 nitrogen and oxygen atoms in total. The monoisotopic (exact) mass is 315 g/mol. The Hall–Kier alpha value is -2.76. The molecule has 6 heteroatoms. The van der Waals surface area contributed by atoms with Crippen LogP contribution < -0.4 is 16.0 Å². The number of likely N-dealkylation sites (N-methyl/N-ethyl adjacent to an activating group) is 2. The van der Waals surface area contributed by atoms with Crippen LogP contribution in [-0.2, 0) is 9.59 Å². The van der Waals surface area contributed by atoms with Crippen molar-refractivity contribution >= 4 is 11.8 Å². The summed E-state index contributed by atoms with van der Waals surface area (Å²) in [7, 11) is 3.07. The number of hydrogen-bond donors (Lipinski definition) is 4. The van der Waals surface area contributed by atoms with E-state index in [0.717, 1.165) is 0 Å². The highest BCUT2D eigenvalue weighted by Crippen LogP contribution is 2.41. The molecule has 0 radical (unpaired) electrons. The normalized spacial score (nSPS) is 15.3. The van der Waals surface area contributed by atoms with Gasteiger partial charge in [-0.1, -0.05) is 18.2 Å². The number of amides is 2. The van der Waals surface area contributed by atoms with E-state index in [-0.39, 0.29) is 17.6 Å². The van der Waals surface area contributed by atoms with E-state index in [4.69, 9.17) is 0 Å². The Balaban J connectivity index is 2.73. The van der Waals surface area contributed by atoms with Crippen LogP contribution >= 0.6 is 0 Å². The van der Waals surface area contributed by atoms with Crippen molar-refractivity contribution in [1.29, 1.82) is 0 Å². The number of rotatable bonds is 3. The minimum atomic E-state index is -0.641. The van der Waals surface area contributed by atoms with Crippen LogP contribution in [0.4, 0.5) is 0 Å². The molecule has 1 aromatic rings. The lowest BCUT2D eigenvalue weighted by Gasteiger charge is -2.31. The van der Waals surface area contributed by atoms with Crippen LogP contribution in [-0.4, -0.2) is 31.0 Å². The molecule has 0 unspecified atom stereocenters. The molecule has 2 amide bonds. The Morgan fingerprint density at radius 1 is 1.00 bits per heavy atom. The first-order valence-electron chi connectivity index (χ1n) is 7.33. The molecule has 0 bridgehead atoms. The van der Waals surface area contributed by atoms with Crippen LogP contribution in [0.3, 0.4) is 0 Å². The molecule has 1 aromatic carbocycles. The molecule has 4 N–H and O–H groups in total. The van der Waals surface area contributed by atoms with Gasteiger partial charge in [-0.05, 0) is 19.9 Å². The Morgan fingerprint density at radius 2 is 1.48 bits per heavy atom. The van der Waals surface area contributed by atoms with E-state index in [9.17, 15) is 14.7 Å². The van der Waals surface area contributed by atoms with Crippen LogP contribution in [0.15, 0.2) is 46.8 Å². The van der Waals surface area contributed by atoms with Gasteiger partial charge in [0.25, 0.3) is 0 Å². The number of phenols is 1. The van der Waals surface area contributed by atoms with E-state index >= 15 is 0 Å². The number of benzene rings is 1. The van der Waals surface area contributed by atoms with Crippen molar-refractivity contribution in [3.05, 3.63) is 52.4 Å². The molecule has 1 aliphatic heterocycles. The average Bonchev–Trinajstić information content (AvgIpc) is 2.53. The third kappa shape index (κ3) is 2.92. The predicted octanol–water partition coefficient (Wildman–Crippen LogP) is 1.12. The van der Waals surface area contributed by atoms with Gasteiger partial charge in [-0.2, -0.15) is 0 Å². The summed E-state index contributed by atoms with van der Waals surface area (Å²) in [6.07, 6.45) is 0. The van der Waals surface area contributed by atoms with E-state index in [0.29, 0.717) is 28.1 Å². The Morgan fingerprint density at radius 3 is 1.91 bits per heavy atom. The van der Waals surface area contributed by atoms with Crippen molar-refractivity contribution in [2.45, 2.75) is 19.8 Å². The van der Waals surface area contributed by atoms with Gasteiger partial charge in [0, 0.05) is 42.2 Å². The van der Waals surface area contributed by atoms with Crippen LogP contribution in [0, 0.1) is 0 Å². The number of para-hydroxylation sites is 1. The lowest BCUT2D eigenvalue weighted by atomic mass is 9.79. The van der Waals surface area contributed by atoms with E-state index in [1.165, 1.54) is 14.1 Å². The van der Waals surface area contributed by atoms with Crippen molar-refractivity contribution in [3.8, 4) is 5.75 Å². The van der Waals surface area contributed by atoms with Gasteiger partial charge in [-0.25, -0.2) is 0 Å². The SMILES string of the molecule is CNC(=O)C1=C(C)NC(C)=C(C(=O)NC)C1c1ccccc1O. The highest BCUT2D eigenvalue weighted by molar-refractivity contribution is 6.03. The quantitative estimate of drug-likeness (QED) is 0.673. The smallest absolute Gasteiger partial charge is 0.249 e. The second kappa shape index (κ2) is 6.56. The van der Waals surface area contributed by atoms with Crippen LogP contribution in [0.25, 0.3) is 0 Å². The molecule has 2 rings (SSSR count). The topological polar surface area (TPSA) is 90.5 Å². The molecule has 0 saturated heterocycles. The zero-order valence-electron chi connectivity index (χ0n) is 13.7. The summed E-state index contributed by atoms with van der Waals surface area (Å²) in [5.74, 6) is -1.19. The second-order valence-corrected chi connectivity index (χ2v) is 5.35. The van der Waals surface area contributed by atoms with Crippen molar-refractivity contribution in [1.82, 2.24) is 16.0 Å². The summed E-state index contributed by atoms with van der Waals surface area (Å²) in [5, 5.41) is 18.5. The van der Waals surface area contributed by atoms with Gasteiger partial charge < -0.3 is 21.1 Å². The number of nitrogens with one attached hydrogen (secondary N) is 3. The number of carbonyl (C=O) groups is 2.